The Morgan fingerprint density at radius 1 is 1.10 bits per heavy atom. The third-order valence-corrected chi connectivity index (χ3v) is 8.64. The molecule has 1 atom stereocenters. The van der Waals surface area contributed by atoms with Crippen LogP contribution in [0.4, 0.5) is 0 Å². The van der Waals surface area contributed by atoms with Gasteiger partial charge in [-0.05, 0) is 48.7 Å². The Hall–Kier alpha value is -2.69. The monoisotopic (exact) mass is 461 g/mol. The molecule has 0 radical (unpaired) electrons. The van der Waals surface area contributed by atoms with E-state index in [0.717, 1.165) is 16.5 Å². The lowest BCUT2D eigenvalue weighted by molar-refractivity contribution is 0.0954. The molecular formula is C21H23N3O5S2. The number of fused-ring (bicyclic) bond motifs is 1. The molecule has 164 valence electrons. The number of carbonyl (C=O) groups excluding carboxylic acids is 1. The van der Waals surface area contributed by atoms with Gasteiger partial charge in [0.1, 0.15) is 0 Å². The normalized spacial score (nSPS) is 18.3. The zero-order valence-electron chi connectivity index (χ0n) is 16.7. The highest BCUT2D eigenvalue weighted by molar-refractivity contribution is 7.92. The van der Waals surface area contributed by atoms with Crippen LogP contribution in [0.25, 0.3) is 10.9 Å². The van der Waals surface area contributed by atoms with Crippen LogP contribution in [0.2, 0.25) is 0 Å². The number of aromatic amines is 1. The summed E-state index contributed by atoms with van der Waals surface area (Å²) in [5.41, 5.74) is 2.50. The average molecular weight is 462 g/mol. The van der Waals surface area contributed by atoms with E-state index in [-0.39, 0.29) is 28.7 Å². The quantitative estimate of drug-likeness (QED) is 0.493. The molecule has 3 N–H and O–H groups in total. The van der Waals surface area contributed by atoms with Gasteiger partial charge in [-0.3, -0.25) is 4.79 Å². The molecule has 0 saturated carbocycles. The van der Waals surface area contributed by atoms with Gasteiger partial charge in [0.15, 0.2) is 9.84 Å². The molecule has 1 amide bonds. The largest absolute Gasteiger partial charge is 0.361 e. The molecule has 1 saturated heterocycles. The van der Waals surface area contributed by atoms with Crippen LogP contribution in [0.5, 0.6) is 0 Å². The summed E-state index contributed by atoms with van der Waals surface area (Å²) >= 11 is 0. The number of H-pyrrole nitrogens is 1. The smallest absolute Gasteiger partial charge is 0.251 e. The van der Waals surface area contributed by atoms with Crippen molar-refractivity contribution in [3.05, 3.63) is 65.9 Å². The number of hydrogen-bond acceptors (Lipinski definition) is 5. The summed E-state index contributed by atoms with van der Waals surface area (Å²) in [6.45, 7) is 0.443. The molecule has 4 rings (SSSR count). The predicted octanol–water partition coefficient (Wildman–Crippen LogP) is 1.61. The zero-order valence-corrected chi connectivity index (χ0v) is 18.3. The second kappa shape index (κ2) is 8.45. The van der Waals surface area contributed by atoms with Crippen LogP contribution < -0.4 is 10.0 Å². The fraction of sp³-hybridized carbons (Fsp3) is 0.286. The van der Waals surface area contributed by atoms with Gasteiger partial charge in [-0.1, -0.05) is 18.2 Å². The Labute approximate surface area is 181 Å². The summed E-state index contributed by atoms with van der Waals surface area (Å²) in [6.07, 6.45) is 2.86. The standard InChI is InChI=1S/C21H23N3O5S2/c25-21(22-11-9-16-13-23-20-4-2-1-3-19(16)20)15-5-7-18(8-6-15)31(28,29)24-17-10-12-30(26,27)14-17/h1-8,13,17,23-24H,9-12,14H2,(H,22,25). The number of hydrogen-bond donors (Lipinski definition) is 3. The molecule has 2 heterocycles. The minimum atomic E-state index is -3.85. The maximum absolute atomic E-state index is 12.5. The predicted molar refractivity (Wildman–Crippen MR) is 118 cm³/mol. The Kier molecular flexibility index (Phi) is 5.87. The van der Waals surface area contributed by atoms with E-state index in [9.17, 15) is 21.6 Å². The molecule has 8 nitrogen and oxygen atoms in total. The van der Waals surface area contributed by atoms with Gasteiger partial charge in [0.2, 0.25) is 10.0 Å². The topological polar surface area (TPSA) is 125 Å². The van der Waals surface area contributed by atoms with Crippen molar-refractivity contribution >= 4 is 36.7 Å². The van der Waals surface area contributed by atoms with Gasteiger partial charge in [-0.15, -0.1) is 0 Å². The van der Waals surface area contributed by atoms with Crippen molar-refractivity contribution in [2.75, 3.05) is 18.1 Å². The molecule has 1 unspecified atom stereocenters. The first kappa shape index (κ1) is 21.5. The van der Waals surface area contributed by atoms with Crippen molar-refractivity contribution in [2.45, 2.75) is 23.8 Å². The minimum absolute atomic E-state index is 0.00728. The fourth-order valence-electron chi connectivity index (χ4n) is 3.71. The van der Waals surface area contributed by atoms with Gasteiger partial charge in [-0.25, -0.2) is 21.6 Å². The number of rotatable bonds is 7. The van der Waals surface area contributed by atoms with Crippen LogP contribution in [0.1, 0.15) is 22.3 Å². The number of amides is 1. The number of benzene rings is 2. The zero-order chi connectivity index (χ0) is 22.1. The van der Waals surface area contributed by atoms with Crippen LogP contribution in [0.15, 0.2) is 59.6 Å². The Morgan fingerprint density at radius 3 is 2.55 bits per heavy atom. The molecule has 31 heavy (non-hydrogen) atoms. The first-order chi connectivity index (χ1) is 14.7. The molecule has 3 aromatic rings. The Morgan fingerprint density at radius 2 is 1.84 bits per heavy atom. The van der Waals surface area contributed by atoms with Crippen LogP contribution in [-0.4, -0.2) is 51.8 Å². The molecule has 1 aliphatic heterocycles. The molecule has 1 fully saturated rings. The highest BCUT2D eigenvalue weighted by Gasteiger charge is 2.31. The van der Waals surface area contributed by atoms with Crippen molar-refractivity contribution in [1.29, 1.82) is 0 Å². The number of nitrogens with one attached hydrogen (secondary N) is 3. The summed E-state index contributed by atoms with van der Waals surface area (Å²) in [4.78, 5) is 15.6. The van der Waals surface area contributed by atoms with E-state index in [1.165, 1.54) is 24.3 Å². The number of aromatic nitrogens is 1. The van der Waals surface area contributed by atoms with Gasteiger partial charge in [0.25, 0.3) is 5.91 Å². The number of sulfone groups is 1. The molecule has 0 aliphatic carbocycles. The lowest BCUT2D eigenvalue weighted by Gasteiger charge is -2.12. The summed E-state index contributed by atoms with van der Waals surface area (Å²) < 4.78 is 50.4. The average Bonchev–Trinajstić information content (AvgIpc) is 3.30. The van der Waals surface area contributed by atoms with Gasteiger partial charge in [0.05, 0.1) is 16.4 Å². The van der Waals surface area contributed by atoms with E-state index in [0.29, 0.717) is 18.5 Å². The molecule has 1 aromatic heterocycles. The number of para-hydroxylation sites is 1. The lowest BCUT2D eigenvalue weighted by Crippen LogP contribution is -2.35. The van der Waals surface area contributed by atoms with Gasteiger partial charge in [-0.2, -0.15) is 0 Å². The van der Waals surface area contributed by atoms with Gasteiger partial charge >= 0.3 is 0 Å². The number of carbonyl (C=O) groups is 1. The molecule has 10 heteroatoms. The van der Waals surface area contributed by atoms with Crippen molar-refractivity contribution < 1.29 is 21.6 Å². The van der Waals surface area contributed by atoms with Crippen molar-refractivity contribution in [3.63, 3.8) is 0 Å². The van der Waals surface area contributed by atoms with Crippen molar-refractivity contribution in [2.24, 2.45) is 0 Å². The molecule has 2 aromatic carbocycles. The third-order valence-electron chi connectivity index (χ3n) is 5.34. The first-order valence-corrected chi connectivity index (χ1v) is 13.2. The van der Waals surface area contributed by atoms with Gasteiger partial charge < -0.3 is 10.3 Å². The van der Waals surface area contributed by atoms with E-state index in [4.69, 9.17) is 0 Å². The summed E-state index contributed by atoms with van der Waals surface area (Å²) in [7, 11) is -7.04. The number of sulfonamides is 1. The molecule has 1 aliphatic rings. The summed E-state index contributed by atoms with van der Waals surface area (Å²) in [5.74, 6) is -0.500. The van der Waals surface area contributed by atoms with E-state index < -0.39 is 25.9 Å². The highest BCUT2D eigenvalue weighted by Crippen LogP contribution is 2.18. The third kappa shape index (κ3) is 4.97. The van der Waals surface area contributed by atoms with Crippen molar-refractivity contribution in [1.82, 2.24) is 15.0 Å². The van der Waals surface area contributed by atoms with Crippen LogP contribution >= 0.6 is 0 Å². The first-order valence-electron chi connectivity index (χ1n) is 9.89. The molecule has 0 spiro atoms. The second-order valence-electron chi connectivity index (χ2n) is 7.61. The maximum Gasteiger partial charge on any atom is 0.251 e. The molecular weight excluding hydrogens is 438 g/mol. The SMILES string of the molecule is O=C(NCCc1c[nH]c2ccccc12)c1ccc(S(=O)(=O)NC2CCS(=O)(=O)C2)cc1. The Bertz CT molecular complexity index is 1310. The van der Waals surface area contributed by atoms with Crippen LogP contribution in [0, 0.1) is 0 Å². The summed E-state index contributed by atoms with van der Waals surface area (Å²) in [5, 5.41) is 3.96. The van der Waals surface area contributed by atoms with E-state index in [1.54, 1.807) is 0 Å². The van der Waals surface area contributed by atoms with Gasteiger partial charge in [0, 0.05) is 35.2 Å². The summed E-state index contributed by atoms with van der Waals surface area (Å²) in [6, 6.07) is 12.9. The Balaban J connectivity index is 1.34. The second-order valence-corrected chi connectivity index (χ2v) is 11.6. The lowest BCUT2D eigenvalue weighted by atomic mass is 10.1. The van der Waals surface area contributed by atoms with E-state index >= 15 is 0 Å². The maximum atomic E-state index is 12.5. The van der Waals surface area contributed by atoms with E-state index in [1.807, 2.05) is 30.5 Å². The fourth-order valence-corrected chi connectivity index (χ4v) is 6.76. The van der Waals surface area contributed by atoms with Crippen molar-refractivity contribution in [3.8, 4) is 0 Å². The highest BCUT2D eigenvalue weighted by atomic mass is 32.2. The van der Waals surface area contributed by atoms with Crippen LogP contribution in [-0.2, 0) is 26.3 Å². The van der Waals surface area contributed by atoms with E-state index in [2.05, 4.69) is 15.0 Å². The minimum Gasteiger partial charge on any atom is -0.361 e. The van der Waals surface area contributed by atoms with Crippen LogP contribution in [0.3, 0.4) is 0 Å². The molecule has 0 bridgehead atoms.